The zero-order valence-electron chi connectivity index (χ0n) is 5.22. The second kappa shape index (κ2) is 3.07. The lowest BCUT2D eigenvalue weighted by Gasteiger charge is -1.76. The van der Waals surface area contributed by atoms with E-state index in [0.717, 1.165) is 6.01 Å². The highest BCUT2D eigenvalue weighted by Crippen LogP contribution is 1.89. The molecule has 0 N–H and O–H groups in total. The molecule has 0 unspecified atom stereocenters. The van der Waals surface area contributed by atoms with Crippen LogP contribution in [0, 0.1) is 0 Å². The van der Waals surface area contributed by atoms with Gasteiger partial charge in [-0.2, -0.15) is 8.42 Å². The van der Waals surface area contributed by atoms with Gasteiger partial charge in [-0.1, -0.05) is 12.7 Å². The Hall–Kier alpha value is -0.790. The molecular formula is C2H3FN2O4S2. The minimum Gasteiger partial charge on any atom is -0.204 e. The maximum absolute atomic E-state index is 11.5. The molecule has 0 fully saturated rings. The number of rotatable bonds is 2. The van der Waals surface area contributed by atoms with Gasteiger partial charge in [0.1, 0.15) is 6.01 Å². The third kappa shape index (κ3) is 9.21. The predicted octanol–water partition coefficient (Wildman–Crippen LogP) is -0.666. The lowest BCUT2D eigenvalue weighted by atomic mass is 11.6. The van der Waals surface area contributed by atoms with Crippen LogP contribution in [-0.4, -0.2) is 29.1 Å². The quantitative estimate of drug-likeness (QED) is 0.438. The summed E-state index contributed by atoms with van der Waals surface area (Å²) in [4.78, 5) is 0. The number of hydrogen-bond acceptors (Lipinski definition) is 4. The molecule has 0 rings (SSSR count). The van der Waals surface area contributed by atoms with Crippen molar-refractivity contribution in [3.05, 3.63) is 0 Å². The number of nitrogens with zero attached hydrogens (tertiary/aromatic N) is 2. The van der Waals surface area contributed by atoms with E-state index in [9.17, 15) is 20.7 Å². The number of sulfonamides is 1. The van der Waals surface area contributed by atoms with Crippen molar-refractivity contribution < 1.29 is 20.7 Å². The van der Waals surface area contributed by atoms with Crippen LogP contribution in [0.25, 0.3) is 0 Å². The maximum Gasteiger partial charge on any atom is 0.427 e. The van der Waals surface area contributed by atoms with Crippen molar-refractivity contribution in [1.82, 2.24) is 0 Å². The molecule has 0 aromatic rings. The zero-order valence-corrected chi connectivity index (χ0v) is 6.85. The van der Waals surface area contributed by atoms with Gasteiger partial charge in [-0.05, 0) is 0 Å². The van der Waals surface area contributed by atoms with Crippen LogP contribution < -0.4 is 0 Å². The van der Waals surface area contributed by atoms with Crippen LogP contribution in [-0.2, 0) is 20.4 Å². The molecule has 9 heteroatoms. The highest BCUT2D eigenvalue weighted by atomic mass is 32.3. The Morgan fingerprint density at radius 2 is 1.64 bits per heavy atom. The average Bonchev–Trinajstić information content (AvgIpc) is 1.55. The Kier molecular flexibility index (Phi) is 2.85. The molecule has 0 spiro atoms. The standard InChI is InChI=1S/C2H3FN2O4S2/c1-10(6,7)4-2-5-11(3,8)9/h1H3. The summed E-state index contributed by atoms with van der Waals surface area (Å²) in [6, 6.07) is 1.16. The Morgan fingerprint density at radius 3 is 1.91 bits per heavy atom. The van der Waals surface area contributed by atoms with Crippen molar-refractivity contribution in [3.63, 3.8) is 0 Å². The summed E-state index contributed by atoms with van der Waals surface area (Å²) in [5.74, 6) is 0. The van der Waals surface area contributed by atoms with Crippen molar-refractivity contribution in [3.8, 4) is 0 Å². The van der Waals surface area contributed by atoms with Gasteiger partial charge in [0.05, 0.1) is 6.26 Å². The Morgan fingerprint density at radius 1 is 1.18 bits per heavy atom. The Balaban J connectivity index is 4.80. The van der Waals surface area contributed by atoms with Crippen molar-refractivity contribution >= 4 is 26.4 Å². The summed E-state index contributed by atoms with van der Waals surface area (Å²) in [5.41, 5.74) is 0. The first-order chi connectivity index (χ1) is 4.71. The first-order valence-corrected chi connectivity index (χ1v) is 5.23. The smallest absolute Gasteiger partial charge is 0.204 e. The fraction of sp³-hybridized carbons (Fsp3) is 0.500. The molecule has 64 valence electrons. The highest BCUT2D eigenvalue weighted by Gasteiger charge is 1.99. The van der Waals surface area contributed by atoms with Gasteiger partial charge in [-0.15, -0.1) is 0 Å². The second-order valence-electron chi connectivity index (χ2n) is 1.43. The third-order valence-corrected chi connectivity index (χ3v) is 1.07. The van der Waals surface area contributed by atoms with E-state index in [1.807, 2.05) is 0 Å². The van der Waals surface area contributed by atoms with E-state index >= 15 is 0 Å². The molecule has 0 radical (unpaired) electrons. The zero-order chi connectivity index (χ0) is 9.12. The number of halogens is 1. The lowest BCUT2D eigenvalue weighted by Crippen LogP contribution is -1.88. The van der Waals surface area contributed by atoms with Gasteiger partial charge in [-0.3, -0.25) is 0 Å². The molecule has 0 aromatic heterocycles. The Bertz CT molecular complexity index is 350. The van der Waals surface area contributed by atoms with E-state index in [-0.39, 0.29) is 0 Å². The van der Waals surface area contributed by atoms with Crippen LogP contribution in [0.5, 0.6) is 0 Å². The molecule has 0 saturated heterocycles. The SMILES string of the molecule is CS(=O)(=O)N=C=NS(=O)(=O)F. The third-order valence-electron chi connectivity index (χ3n) is 0.357. The van der Waals surface area contributed by atoms with Gasteiger partial charge in [0, 0.05) is 0 Å². The molecule has 0 aromatic carbocycles. The van der Waals surface area contributed by atoms with Crippen LogP contribution in [0.15, 0.2) is 8.80 Å². The van der Waals surface area contributed by atoms with E-state index < -0.39 is 20.4 Å². The van der Waals surface area contributed by atoms with Gasteiger partial charge in [-0.25, -0.2) is 8.42 Å². The van der Waals surface area contributed by atoms with E-state index in [1.165, 1.54) is 0 Å². The minimum atomic E-state index is -5.09. The maximum atomic E-state index is 11.5. The second-order valence-corrected chi connectivity index (χ2v) is 4.08. The highest BCUT2D eigenvalue weighted by molar-refractivity contribution is 7.89. The first kappa shape index (κ1) is 10.2. The first-order valence-electron chi connectivity index (χ1n) is 2.04. The molecule has 11 heavy (non-hydrogen) atoms. The summed E-state index contributed by atoms with van der Waals surface area (Å²) in [6.07, 6.45) is 0.681. The fourth-order valence-electron chi connectivity index (χ4n) is 0.140. The molecular weight excluding hydrogens is 199 g/mol. The van der Waals surface area contributed by atoms with Crippen LogP contribution in [0.2, 0.25) is 0 Å². The normalized spacial score (nSPS) is 11.8. The molecule has 0 atom stereocenters. The molecule has 0 saturated carbocycles. The molecule has 6 nitrogen and oxygen atoms in total. The summed E-state index contributed by atoms with van der Waals surface area (Å²) >= 11 is 0. The minimum absolute atomic E-state index is 0.681. The van der Waals surface area contributed by atoms with Gasteiger partial charge >= 0.3 is 10.4 Å². The van der Waals surface area contributed by atoms with Gasteiger partial charge in [0.2, 0.25) is 0 Å². The molecule has 0 aliphatic rings. The summed E-state index contributed by atoms with van der Waals surface area (Å²) in [5, 5.41) is 0. The Labute approximate surface area is 62.9 Å². The van der Waals surface area contributed by atoms with Gasteiger partial charge in [0.25, 0.3) is 10.0 Å². The van der Waals surface area contributed by atoms with Crippen LogP contribution in [0.1, 0.15) is 0 Å². The molecule has 0 aliphatic heterocycles. The van der Waals surface area contributed by atoms with Gasteiger partial charge < -0.3 is 0 Å². The fourth-order valence-corrected chi connectivity index (χ4v) is 0.519. The summed E-state index contributed by atoms with van der Waals surface area (Å²) in [7, 11) is -8.85. The topological polar surface area (TPSA) is 93.0 Å². The van der Waals surface area contributed by atoms with Crippen molar-refractivity contribution in [2.45, 2.75) is 0 Å². The molecule has 0 amide bonds. The average molecular weight is 202 g/mol. The largest absolute Gasteiger partial charge is 0.427 e. The van der Waals surface area contributed by atoms with Gasteiger partial charge in [0.15, 0.2) is 0 Å². The van der Waals surface area contributed by atoms with E-state index in [1.54, 1.807) is 0 Å². The summed E-state index contributed by atoms with van der Waals surface area (Å²) in [6.45, 7) is 0. The lowest BCUT2D eigenvalue weighted by molar-refractivity contribution is 0.554. The van der Waals surface area contributed by atoms with Crippen molar-refractivity contribution in [1.29, 1.82) is 0 Å². The van der Waals surface area contributed by atoms with Crippen LogP contribution in [0.3, 0.4) is 0 Å². The molecule has 0 aliphatic carbocycles. The monoisotopic (exact) mass is 202 g/mol. The van der Waals surface area contributed by atoms with Crippen molar-refractivity contribution in [2.24, 2.45) is 8.80 Å². The van der Waals surface area contributed by atoms with Crippen molar-refractivity contribution in [2.75, 3.05) is 6.26 Å². The van der Waals surface area contributed by atoms with E-state index in [2.05, 4.69) is 8.80 Å². The molecule has 0 heterocycles. The van der Waals surface area contributed by atoms with E-state index in [4.69, 9.17) is 0 Å². The van der Waals surface area contributed by atoms with Crippen LogP contribution in [0.4, 0.5) is 3.89 Å². The predicted molar refractivity (Wildman–Crippen MR) is 34.7 cm³/mol. The van der Waals surface area contributed by atoms with E-state index in [0.29, 0.717) is 6.26 Å². The molecule has 0 bridgehead atoms. The van der Waals surface area contributed by atoms with Crippen LogP contribution >= 0.6 is 0 Å². The summed E-state index contributed by atoms with van der Waals surface area (Å²) < 4.78 is 55.3. The number of hydrogen-bond donors (Lipinski definition) is 0.